The van der Waals surface area contributed by atoms with E-state index >= 15 is 0 Å². The summed E-state index contributed by atoms with van der Waals surface area (Å²) in [4.78, 5) is 23.5. The third kappa shape index (κ3) is 5.09. The maximum absolute atomic E-state index is 11.8. The van der Waals surface area contributed by atoms with Crippen LogP contribution in [0.3, 0.4) is 0 Å². The van der Waals surface area contributed by atoms with Crippen LogP contribution in [0.5, 0.6) is 0 Å². The molecule has 0 bridgehead atoms. The number of aryl methyl sites for hydroxylation is 1. The zero-order valence-electron chi connectivity index (χ0n) is 10.7. The molecule has 0 unspecified atom stereocenters. The van der Waals surface area contributed by atoms with Crippen molar-refractivity contribution < 1.29 is 14.7 Å². The highest BCUT2D eigenvalue weighted by atomic mass is 16.4. The van der Waals surface area contributed by atoms with E-state index < -0.39 is 18.4 Å². The molecule has 0 saturated heterocycles. The molecule has 0 heterocycles. The lowest BCUT2D eigenvalue weighted by atomic mass is 10.1. The van der Waals surface area contributed by atoms with Gasteiger partial charge in [-0.3, -0.25) is 9.59 Å². The van der Waals surface area contributed by atoms with Gasteiger partial charge in [-0.25, -0.2) is 0 Å². The number of terminal acetylenes is 1. The molecule has 4 nitrogen and oxygen atoms in total. The fourth-order valence-corrected chi connectivity index (χ4v) is 1.53. The maximum atomic E-state index is 11.8. The summed E-state index contributed by atoms with van der Waals surface area (Å²) in [6, 6.07) is 7.62. The van der Waals surface area contributed by atoms with Crippen LogP contribution in [-0.4, -0.2) is 35.0 Å². The molecular weight excluding hydrogens is 242 g/mol. The summed E-state index contributed by atoms with van der Waals surface area (Å²) in [6.07, 6.45) is 8.08. The summed E-state index contributed by atoms with van der Waals surface area (Å²) in [5.74, 6) is 0.764. The van der Waals surface area contributed by atoms with E-state index in [1.165, 1.54) is 6.08 Å². The number of carbonyl (C=O) groups excluding carboxylic acids is 1. The Hall–Kier alpha value is -2.54. The normalized spacial score (nSPS) is 10.1. The molecule has 0 aromatic heterocycles. The fraction of sp³-hybridized carbons (Fsp3) is 0.200. The largest absolute Gasteiger partial charge is 0.480 e. The van der Waals surface area contributed by atoms with Gasteiger partial charge in [-0.2, -0.15) is 0 Å². The molecule has 0 aliphatic carbocycles. The predicted octanol–water partition coefficient (Wildman–Crippen LogP) is 1.55. The van der Waals surface area contributed by atoms with E-state index in [4.69, 9.17) is 11.5 Å². The first-order valence-electron chi connectivity index (χ1n) is 5.72. The third-order valence-electron chi connectivity index (χ3n) is 2.38. The maximum Gasteiger partial charge on any atom is 0.323 e. The number of rotatable bonds is 5. The average Bonchev–Trinajstić information content (AvgIpc) is 2.35. The van der Waals surface area contributed by atoms with E-state index in [2.05, 4.69) is 5.92 Å². The molecule has 0 fully saturated rings. The van der Waals surface area contributed by atoms with Crippen molar-refractivity contribution in [1.82, 2.24) is 4.90 Å². The van der Waals surface area contributed by atoms with E-state index in [0.29, 0.717) is 0 Å². The summed E-state index contributed by atoms with van der Waals surface area (Å²) in [7, 11) is 0. The van der Waals surface area contributed by atoms with Crippen LogP contribution in [0.2, 0.25) is 0 Å². The van der Waals surface area contributed by atoms with Crippen molar-refractivity contribution in [3.63, 3.8) is 0 Å². The second-order valence-electron chi connectivity index (χ2n) is 4.04. The van der Waals surface area contributed by atoms with E-state index in [-0.39, 0.29) is 6.54 Å². The van der Waals surface area contributed by atoms with Gasteiger partial charge in [0.1, 0.15) is 6.54 Å². The minimum atomic E-state index is -1.09. The molecule has 1 N–H and O–H groups in total. The molecule has 0 saturated carbocycles. The number of benzene rings is 1. The number of aliphatic carboxylic acids is 1. The number of hydrogen-bond donors (Lipinski definition) is 1. The van der Waals surface area contributed by atoms with Crippen LogP contribution < -0.4 is 0 Å². The van der Waals surface area contributed by atoms with Crippen LogP contribution in [0, 0.1) is 19.3 Å². The second-order valence-corrected chi connectivity index (χ2v) is 4.04. The SMILES string of the molecule is C#CCN(CC(=O)O)C(=O)C=Cc1cccc(C)c1. The minimum absolute atomic E-state index is 0.0245. The Morgan fingerprint density at radius 3 is 2.79 bits per heavy atom. The monoisotopic (exact) mass is 257 g/mol. The van der Waals surface area contributed by atoms with Crippen molar-refractivity contribution in [2.75, 3.05) is 13.1 Å². The zero-order chi connectivity index (χ0) is 14.3. The van der Waals surface area contributed by atoms with Gasteiger partial charge in [0.2, 0.25) is 5.91 Å². The molecule has 1 aromatic rings. The van der Waals surface area contributed by atoms with Crippen molar-refractivity contribution in [3.05, 3.63) is 41.5 Å². The lowest BCUT2D eigenvalue weighted by Gasteiger charge is -2.15. The van der Waals surface area contributed by atoms with E-state index in [1.54, 1.807) is 6.08 Å². The van der Waals surface area contributed by atoms with Gasteiger partial charge in [-0.05, 0) is 18.6 Å². The van der Waals surface area contributed by atoms with Gasteiger partial charge in [0.15, 0.2) is 0 Å². The number of amides is 1. The van der Waals surface area contributed by atoms with Crippen LogP contribution in [0.25, 0.3) is 6.08 Å². The van der Waals surface area contributed by atoms with Gasteiger partial charge in [-0.1, -0.05) is 35.7 Å². The molecule has 0 radical (unpaired) electrons. The molecule has 98 valence electrons. The number of nitrogens with zero attached hydrogens (tertiary/aromatic N) is 1. The Labute approximate surface area is 112 Å². The highest BCUT2D eigenvalue weighted by Crippen LogP contribution is 2.06. The summed E-state index contributed by atoms with van der Waals surface area (Å²) in [5.41, 5.74) is 1.96. The molecule has 19 heavy (non-hydrogen) atoms. The lowest BCUT2D eigenvalue weighted by molar-refractivity contribution is -0.142. The number of hydrogen-bond acceptors (Lipinski definition) is 2. The van der Waals surface area contributed by atoms with Crippen molar-refractivity contribution in [1.29, 1.82) is 0 Å². The molecule has 0 spiro atoms. The van der Waals surface area contributed by atoms with Gasteiger partial charge in [0, 0.05) is 6.08 Å². The Morgan fingerprint density at radius 1 is 1.47 bits per heavy atom. The van der Waals surface area contributed by atoms with Crippen LogP contribution in [0.4, 0.5) is 0 Å². The number of carboxylic acid groups (broad SMARTS) is 1. The molecule has 0 aliphatic rings. The van der Waals surface area contributed by atoms with Gasteiger partial charge in [0.25, 0.3) is 0 Å². The molecule has 4 heteroatoms. The number of carbonyl (C=O) groups is 2. The van der Waals surface area contributed by atoms with E-state index in [1.807, 2.05) is 31.2 Å². The summed E-state index contributed by atoms with van der Waals surface area (Å²) >= 11 is 0. The third-order valence-corrected chi connectivity index (χ3v) is 2.38. The molecule has 0 atom stereocenters. The van der Waals surface area contributed by atoms with E-state index in [9.17, 15) is 9.59 Å². The summed E-state index contributed by atoms with van der Waals surface area (Å²) < 4.78 is 0. The Balaban J connectivity index is 2.76. The Morgan fingerprint density at radius 2 is 2.21 bits per heavy atom. The van der Waals surface area contributed by atoms with Gasteiger partial charge in [0.05, 0.1) is 6.54 Å². The minimum Gasteiger partial charge on any atom is -0.480 e. The first-order valence-corrected chi connectivity index (χ1v) is 5.72. The molecule has 1 amide bonds. The van der Waals surface area contributed by atoms with Gasteiger partial charge < -0.3 is 10.0 Å². The van der Waals surface area contributed by atoms with Crippen molar-refractivity contribution in [2.24, 2.45) is 0 Å². The molecule has 1 aromatic carbocycles. The highest BCUT2D eigenvalue weighted by molar-refractivity contribution is 5.93. The fourth-order valence-electron chi connectivity index (χ4n) is 1.53. The van der Waals surface area contributed by atoms with Crippen LogP contribution in [0.15, 0.2) is 30.3 Å². The topological polar surface area (TPSA) is 57.6 Å². The first-order chi connectivity index (χ1) is 9.02. The summed E-state index contributed by atoms with van der Waals surface area (Å²) in [5, 5.41) is 8.69. The van der Waals surface area contributed by atoms with Gasteiger partial charge >= 0.3 is 5.97 Å². The predicted molar refractivity (Wildman–Crippen MR) is 73.3 cm³/mol. The number of carboxylic acids is 1. The highest BCUT2D eigenvalue weighted by Gasteiger charge is 2.12. The quantitative estimate of drug-likeness (QED) is 0.643. The van der Waals surface area contributed by atoms with Crippen molar-refractivity contribution >= 4 is 18.0 Å². The van der Waals surface area contributed by atoms with Crippen LogP contribution in [0.1, 0.15) is 11.1 Å². The average molecular weight is 257 g/mol. The first kappa shape index (κ1) is 14.5. The Bertz CT molecular complexity index is 541. The van der Waals surface area contributed by atoms with Crippen LogP contribution in [-0.2, 0) is 9.59 Å². The van der Waals surface area contributed by atoms with Crippen molar-refractivity contribution in [3.8, 4) is 12.3 Å². The smallest absolute Gasteiger partial charge is 0.323 e. The second kappa shape index (κ2) is 7.02. The molecular formula is C15H15NO3. The van der Waals surface area contributed by atoms with Crippen molar-refractivity contribution in [2.45, 2.75) is 6.92 Å². The molecule has 1 rings (SSSR count). The lowest BCUT2D eigenvalue weighted by Crippen LogP contribution is -2.34. The standard InChI is InChI=1S/C15H15NO3/c1-3-9-16(11-15(18)19)14(17)8-7-13-6-4-5-12(2)10-13/h1,4-8,10H,9,11H2,2H3,(H,18,19). The Kier molecular flexibility index (Phi) is 5.36. The molecule has 0 aliphatic heterocycles. The van der Waals surface area contributed by atoms with E-state index in [0.717, 1.165) is 16.0 Å². The zero-order valence-corrected chi connectivity index (χ0v) is 10.7. The van der Waals surface area contributed by atoms with Crippen LogP contribution >= 0.6 is 0 Å². The summed E-state index contributed by atoms with van der Waals surface area (Å²) in [6.45, 7) is 1.53. The van der Waals surface area contributed by atoms with Gasteiger partial charge in [-0.15, -0.1) is 6.42 Å².